The second-order valence-electron chi connectivity index (χ2n) is 5.42. The van der Waals surface area contributed by atoms with Gasteiger partial charge in [-0.15, -0.1) is 0 Å². The number of rotatable bonds is 3. The topological polar surface area (TPSA) is 57.5 Å². The normalized spacial score (nSPS) is 12.4. The van der Waals surface area contributed by atoms with Gasteiger partial charge in [0.2, 0.25) is 0 Å². The molecule has 0 unspecified atom stereocenters. The minimum atomic E-state index is -4.43. The van der Waals surface area contributed by atoms with Crippen molar-refractivity contribution in [2.24, 2.45) is 5.10 Å². The Labute approximate surface area is 141 Å². The summed E-state index contributed by atoms with van der Waals surface area (Å²) in [6.07, 6.45) is -3.69. The number of aromatic hydroxyl groups is 1. The van der Waals surface area contributed by atoms with Crippen LogP contribution in [0.15, 0.2) is 59.8 Å². The summed E-state index contributed by atoms with van der Waals surface area (Å²) in [6, 6.07) is 13.1. The van der Waals surface area contributed by atoms with Crippen LogP contribution in [0, 0.1) is 0 Å². The lowest BCUT2D eigenvalue weighted by Gasteiger charge is -2.09. The molecule has 1 heterocycles. The summed E-state index contributed by atoms with van der Waals surface area (Å²) in [5, 5.41) is 16.1. The molecule has 0 aliphatic heterocycles. The summed E-state index contributed by atoms with van der Waals surface area (Å²) in [4.78, 5) is 3.68. The molecule has 25 heavy (non-hydrogen) atoms. The van der Waals surface area contributed by atoms with Crippen LogP contribution in [-0.4, -0.2) is 15.8 Å². The largest absolute Gasteiger partial charge is 0.507 e. The third-order valence-electron chi connectivity index (χ3n) is 3.72. The van der Waals surface area contributed by atoms with Gasteiger partial charge >= 0.3 is 6.18 Å². The van der Waals surface area contributed by atoms with Gasteiger partial charge in [-0.25, -0.2) is 4.98 Å². The molecule has 0 aliphatic carbocycles. The van der Waals surface area contributed by atoms with Gasteiger partial charge in [-0.05, 0) is 30.5 Å². The van der Waals surface area contributed by atoms with Gasteiger partial charge in [0.15, 0.2) is 0 Å². The van der Waals surface area contributed by atoms with Crippen molar-refractivity contribution in [1.82, 2.24) is 4.98 Å². The second kappa shape index (κ2) is 6.43. The number of fused-ring (bicyclic) bond motifs is 1. The van der Waals surface area contributed by atoms with Crippen LogP contribution in [0.4, 0.5) is 19.0 Å². The number of alkyl halides is 3. The molecule has 2 aromatic carbocycles. The summed E-state index contributed by atoms with van der Waals surface area (Å²) in [7, 11) is 0. The molecule has 3 aromatic rings. The van der Waals surface area contributed by atoms with Crippen molar-refractivity contribution in [3.05, 3.63) is 65.9 Å². The van der Waals surface area contributed by atoms with Crippen LogP contribution in [-0.2, 0) is 6.18 Å². The molecule has 3 rings (SSSR count). The standard InChI is InChI=1S/C18H14F3N3O/c1-11(14-8-6-12-4-2-3-5-15(12)17(14)25)23-24-16-9-7-13(10-22-16)18(19,20)21/h2-10,25H,1H3,(H,22,24)/b23-11+. The summed E-state index contributed by atoms with van der Waals surface area (Å²) in [6.45, 7) is 1.68. The van der Waals surface area contributed by atoms with E-state index >= 15 is 0 Å². The minimum Gasteiger partial charge on any atom is -0.507 e. The van der Waals surface area contributed by atoms with E-state index in [9.17, 15) is 18.3 Å². The molecule has 0 radical (unpaired) electrons. The highest BCUT2D eigenvalue weighted by Gasteiger charge is 2.30. The van der Waals surface area contributed by atoms with Crippen molar-refractivity contribution in [1.29, 1.82) is 0 Å². The molecule has 128 valence electrons. The highest BCUT2D eigenvalue weighted by Crippen LogP contribution is 2.30. The van der Waals surface area contributed by atoms with E-state index in [1.165, 1.54) is 6.07 Å². The smallest absolute Gasteiger partial charge is 0.417 e. The lowest BCUT2D eigenvalue weighted by Crippen LogP contribution is -2.06. The summed E-state index contributed by atoms with van der Waals surface area (Å²) in [5.74, 6) is 0.272. The highest BCUT2D eigenvalue weighted by atomic mass is 19.4. The molecule has 0 bridgehead atoms. The Morgan fingerprint density at radius 3 is 2.52 bits per heavy atom. The van der Waals surface area contributed by atoms with Gasteiger partial charge in [0.05, 0.1) is 11.3 Å². The molecule has 0 atom stereocenters. The number of anilines is 1. The summed E-state index contributed by atoms with van der Waals surface area (Å²) < 4.78 is 37.5. The predicted octanol–water partition coefficient (Wildman–Crippen LogP) is 4.80. The van der Waals surface area contributed by atoms with E-state index in [1.54, 1.807) is 19.1 Å². The maximum Gasteiger partial charge on any atom is 0.417 e. The lowest BCUT2D eigenvalue weighted by molar-refractivity contribution is -0.137. The number of hydrazone groups is 1. The number of aromatic nitrogens is 1. The Bertz CT molecular complexity index is 934. The number of phenolic OH excluding ortho intramolecular Hbond substituents is 1. The van der Waals surface area contributed by atoms with Crippen LogP contribution in [0.2, 0.25) is 0 Å². The number of phenols is 1. The predicted molar refractivity (Wildman–Crippen MR) is 90.7 cm³/mol. The third-order valence-corrected chi connectivity index (χ3v) is 3.72. The van der Waals surface area contributed by atoms with Crippen molar-refractivity contribution in [3.63, 3.8) is 0 Å². The number of pyridine rings is 1. The van der Waals surface area contributed by atoms with Crippen LogP contribution in [0.3, 0.4) is 0 Å². The van der Waals surface area contributed by atoms with E-state index in [0.29, 0.717) is 16.7 Å². The van der Waals surface area contributed by atoms with E-state index in [4.69, 9.17) is 0 Å². The van der Waals surface area contributed by atoms with Crippen molar-refractivity contribution < 1.29 is 18.3 Å². The van der Waals surface area contributed by atoms with Gasteiger partial charge in [0, 0.05) is 17.1 Å². The van der Waals surface area contributed by atoms with Crippen molar-refractivity contribution in [2.75, 3.05) is 5.43 Å². The fourth-order valence-electron chi connectivity index (χ4n) is 2.38. The Balaban J connectivity index is 1.83. The zero-order chi connectivity index (χ0) is 18.0. The van der Waals surface area contributed by atoms with E-state index in [0.717, 1.165) is 17.6 Å². The van der Waals surface area contributed by atoms with Gasteiger partial charge in [0.1, 0.15) is 11.6 Å². The molecule has 0 spiro atoms. The molecule has 0 fully saturated rings. The van der Waals surface area contributed by atoms with E-state index in [1.807, 2.05) is 24.3 Å². The summed E-state index contributed by atoms with van der Waals surface area (Å²) >= 11 is 0. The molecule has 0 saturated heterocycles. The zero-order valence-electron chi connectivity index (χ0n) is 13.2. The van der Waals surface area contributed by atoms with Gasteiger partial charge in [-0.1, -0.05) is 30.3 Å². The van der Waals surface area contributed by atoms with Gasteiger partial charge < -0.3 is 5.11 Å². The lowest BCUT2D eigenvalue weighted by atomic mass is 10.0. The Hall–Kier alpha value is -3.09. The van der Waals surface area contributed by atoms with E-state index in [2.05, 4.69) is 15.5 Å². The first-order chi connectivity index (χ1) is 11.9. The van der Waals surface area contributed by atoms with Crippen molar-refractivity contribution >= 4 is 22.3 Å². The first kappa shape index (κ1) is 16.8. The molecule has 0 amide bonds. The van der Waals surface area contributed by atoms with Crippen LogP contribution < -0.4 is 5.43 Å². The molecule has 7 heteroatoms. The monoisotopic (exact) mass is 345 g/mol. The Morgan fingerprint density at radius 2 is 1.84 bits per heavy atom. The van der Waals surface area contributed by atoms with Crippen molar-refractivity contribution in [2.45, 2.75) is 13.1 Å². The van der Waals surface area contributed by atoms with Crippen LogP contribution in [0.25, 0.3) is 10.8 Å². The number of nitrogens with zero attached hydrogens (tertiary/aromatic N) is 2. The first-order valence-corrected chi connectivity index (χ1v) is 7.41. The fraction of sp³-hybridized carbons (Fsp3) is 0.111. The molecule has 4 nitrogen and oxygen atoms in total. The van der Waals surface area contributed by atoms with Crippen molar-refractivity contribution in [3.8, 4) is 5.75 Å². The van der Waals surface area contributed by atoms with Gasteiger partial charge in [0.25, 0.3) is 0 Å². The number of hydrogen-bond acceptors (Lipinski definition) is 4. The number of benzene rings is 2. The number of halogens is 3. The molecule has 0 saturated carbocycles. The Morgan fingerprint density at radius 1 is 1.08 bits per heavy atom. The van der Waals surface area contributed by atoms with Gasteiger partial charge in [-0.3, -0.25) is 5.43 Å². The highest BCUT2D eigenvalue weighted by molar-refractivity contribution is 6.06. The first-order valence-electron chi connectivity index (χ1n) is 7.41. The Kier molecular flexibility index (Phi) is 4.31. The van der Waals surface area contributed by atoms with Gasteiger partial charge in [-0.2, -0.15) is 18.3 Å². The SMILES string of the molecule is C/C(=N\Nc1ccc(C(F)(F)F)cn1)c1ccc2ccccc2c1O. The number of hydrogen-bond donors (Lipinski definition) is 2. The molecular weight excluding hydrogens is 331 g/mol. The quantitative estimate of drug-likeness (QED) is 0.530. The molecule has 0 aliphatic rings. The van der Waals surface area contributed by atoms with E-state index in [-0.39, 0.29) is 11.6 Å². The average Bonchev–Trinajstić information content (AvgIpc) is 2.60. The molecular formula is C18H14F3N3O. The van der Waals surface area contributed by atoms with E-state index < -0.39 is 11.7 Å². The minimum absolute atomic E-state index is 0.0986. The van der Waals surface area contributed by atoms with Crippen LogP contribution >= 0.6 is 0 Å². The summed E-state index contributed by atoms with van der Waals surface area (Å²) in [5.41, 5.74) is 2.77. The number of nitrogens with one attached hydrogen (secondary N) is 1. The fourth-order valence-corrected chi connectivity index (χ4v) is 2.38. The van der Waals surface area contributed by atoms with Crippen LogP contribution in [0.1, 0.15) is 18.1 Å². The third kappa shape index (κ3) is 3.55. The zero-order valence-corrected chi connectivity index (χ0v) is 13.2. The maximum atomic E-state index is 12.5. The average molecular weight is 345 g/mol. The molecule has 1 aromatic heterocycles. The molecule has 2 N–H and O–H groups in total. The maximum absolute atomic E-state index is 12.5. The van der Waals surface area contributed by atoms with Crippen LogP contribution in [0.5, 0.6) is 5.75 Å². The second-order valence-corrected chi connectivity index (χ2v) is 5.42.